The van der Waals surface area contributed by atoms with Crippen molar-refractivity contribution < 1.29 is 14.3 Å². The van der Waals surface area contributed by atoms with Crippen LogP contribution in [0.4, 0.5) is 5.69 Å². The molecule has 0 radical (unpaired) electrons. The second-order valence-electron chi connectivity index (χ2n) is 7.40. The number of amides is 1. The van der Waals surface area contributed by atoms with Gasteiger partial charge in [-0.25, -0.2) is 0 Å². The van der Waals surface area contributed by atoms with Crippen molar-refractivity contribution in [2.45, 2.75) is 12.8 Å². The molecule has 0 saturated carbocycles. The molecule has 2 aromatic carbocycles. The van der Waals surface area contributed by atoms with Gasteiger partial charge in [0, 0.05) is 38.3 Å². The molecular formula is C23H22Cl2N2O3. The molecule has 1 fully saturated rings. The lowest BCUT2D eigenvalue weighted by Crippen LogP contribution is -2.49. The SMILES string of the molecule is O=C1C=Cc2cc(OCCC(=O)N3CCN(c4ccc(Cl)c(Cl)c4)CC3)ccc2C1. The van der Waals surface area contributed by atoms with Crippen LogP contribution in [-0.4, -0.2) is 49.4 Å². The zero-order valence-electron chi connectivity index (χ0n) is 16.4. The summed E-state index contributed by atoms with van der Waals surface area (Å²) in [6.07, 6.45) is 4.16. The standard InChI is InChI=1S/C23H22Cl2N2O3/c24-21-6-3-18(15-22(21)25)26-8-10-27(11-9-26)23(29)7-12-30-20-5-2-16-13-19(28)4-1-17(16)14-20/h1-6,14-15H,7-13H2. The number of benzene rings is 2. The van der Waals surface area contributed by atoms with Crippen molar-refractivity contribution in [1.82, 2.24) is 4.90 Å². The van der Waals surface area contributed by atoms with E-state index in [1.54, 1.807) is 12.1 Å². The molecule has 1 aliphatic carbocycles. The smallest absolute Gasteiger partial charge is 0.226 e. The number of carbonyl (C=O) groups excluding carboxylic acids is 2. The van der Waals surface area contributed by atoms with Crippen molar-refractivity contribution in [2.24, 2.45) is 0 Å². The number of nitrogens with zero attached hydrogens (tertiary/aromatic N) is 2. The van der Waals surface area contributed by atoms with Gasteiger partial charge in [-0.3, -0.25) is 9.59 Å². The molecule has 0 bridgehead atoms. The molecule has 7 heteroatoms. The molecular weight excluding hydrogens is 423 g/mol. The van der Waals surface area contributed by atoms with Crippen LogP contribution >= 0.6 is 23.2 Å². The number of hydrogen-bond acceptors (Lipinski definition) is 4. The Balaban J connectivity index is 1.24. The third-order valence-electron chi connectivity index (χ3n) is 5.42. The van der Waals surface area contributed by atoms with Crippen LogP contribution in [0.3, 0.4) is 0 Å². The molecule has 0 N–H and O–H groups in total. The number of ether oxygens (including phenoxy) is 1. The normalized spacial score (nSPS) is 15.9. The van der Waals surface area contributed by atoms with Gasteiger partial charge in [-0.1, -0.05) is 35.3 Å². The van der Waals surface area contributed by atoms with E-state index in [1.807, 2.05) is 41.3 Å². The molecule has 0 atom stereocenters. The van der Waals surface area contributed by atoms with Crippen LogP contribution in [0.1, 0.15) is 17.5 Å². The fourth-order valence-electron chi connectivity index (χ4n) is 3.72. The monoisotopic (exact) mass is 444 g/mol. The van der Waals surface area contributed by atoms with Crippen LogP contribution in [0.2, 0.25) is 10.0 Å². The molecule has 1 aliphatic heterocycles. The first-order valence-corrected chi connectivity index (χ1v) is 10.7. The van der Waals surface area contributed by atoms with Gasteiger partial charge in [-0.2, -0.15) is 0 Å². The van der Waals surface area contributed by atoms with Gasteiger partial charge in [0.2, 0.25) is 5.91 Å². The third kappa shape index (κ3) is 4.79. The summed E-state index contributed by atoms with van der Waals surface area (Å²) in [7, 11) is 0. The number of fused-ring (bicyclic) bond motifs is 1. The number of rotatable bonds is 5. The second kappa shape index (κ2) is 9.11. The lowest BCUT2D eigenvalue weighted by atomic mass is 9.96. The summed E-state index contributed by atoms with van der Waals surface area (Å²) in [6, 6.07) is 11.3. The van der Waals surface area contributed by atoms with Gasteiger partial charge in [-0.05, 0) is 47.5 Å². The molecule has 1 heterocycles. The van der Waals surface area contributed by atoms with E-state index in [0.29, 0.717) is 48.3 Å². The van der Waals surface area contributed by atoms with Crippen LogP contribution in [0, 0.1) is 0 Å². The van der Waals surface area contributed by atoms with Crippen LogP contribution in [0.15, 0.2) is 42.5 Å². The fraction of sp³-hybridized carbons (Fsp3) is 0.304. The fourth-order valence-corrected chi connectivity index (χ4v) is 4.01. The Morgan fingerprint density at radius 1 is 0.967 bits per heavy atom. The number of allylic oxidation sites excluding steroid dienone is 1. The van der Waals surface area contributed by atoms with Gasteiger partial charge in [0.15, 0.2) is 5.78 Å². The van der Waals surface area contributed by atoms with E-state index < -0.39 is 0 Å². The number of carbonyl (C=O) groups is 2. The van der Waals surface area contributed by atoms with Crippen LogP contribution in [0.5, 0.6) is 5.75 Å². The maximum Gasteiger partial charge on any atom is 0.226 e. The predicted octanol–water partition coefficient (Wildman–Crippen LogP) is 4.25. The highest BCUT2D eigenvalue weighted by Crippen LogP contribution is 2.28. The average molecular weight is 445 g/mol. The molecule has 30 heavy (non-hydrogen) atoms. The van der Waals surface area contributed by atoms with Crippen molar-refractivity contribution in [3.05, 3.63) is 63.6 Å². The Morgan fingerprint density at radius 3 is 2.53 bits per heavy atom. The number of ketones is 1. The first kappa shape index (κ1) is 20.8. The van der Waals surface area contributed by atoms with E-state index in [0.717, 1.165) is 29.9 Å². The third-order valence-corrected chi connectivity index (χ3v) is 6.16. The van der Waals surface area contributed by atoms with Crippen molar-refractivity contribution in [1.29, 1.82) is 0 Å². The summed E-state index contributed by atoms with van der Waals surface area (Å²) in [4.78, 5) is 28.1. The molecule has 2 aliphatic rings. The minimum absolute atomic E-state index is 0.0900. The average Bonchev–Trinajstić information content (AvgIpc) is 2.76. The topological polar surface area (TPSA) is 49.9 Å². The highest BCUT2D eigenvalue weighted by molar-refractivity contribution is 6.42. The first-order chi connectivity index (χ1) is 14.5. The van der Waals surface area contributed by atoms with Crippen LogP contribution in [-0.2, 0) is 16.0 Å². The van der Waals surface area contributed by atoms with Crippen molar-refractivity contribution in [3.8, 4) is 5.75 Å². The Kier molecular flexibility index (Phi) is 6.30. The Labute approximate surface area is 185 Å². The molecule has 2 aromatic rings. The Bertz CT molecular complexity index is 998. The van der Waals surface area contributed by atoms with E-state index in [4.69, 9.17) is 27.9 Å². The summed E-state index contributed by atoms with van der Waals surface area (Å²) in [5.74, 6) is 0.915. The largest absolute Gasteiger partial charge is 0.493 e. The molecule has 1 saturated heterocycles. The van der Waals surface area contributed by atoms with Crippen molar-refractivity contribution in [3.63, 3.8) is 0 Å². The molecule has 5 nitrogen and oxygen atoms in total. The van der Waals surface area contributed by atoms with Gasteiger partial charge in [-0.15, -0.1) is 0 Å². The highest BCUT2D eigenvalue weighted by atomic mass is 35.5. The summed E-state index contributed by atoms with van der Waals surface area (Å²) >= 11 is 12.1. The number of piperazine rings is 1. The van der Waals surface area contributed by atoms with Gasteiger partial charge in [0.05, 0.1) is 23.1 Å². The molecule has 0 unspecified atom stereocenters. The number of halogens is 2. The predicted molar refractivity (Wildman–Crippen MR) is 120 cm³/mol. The van der Waals surface area contributed by atoms with E-state index in [1.165, 1.54) is 0 Å². The van der Waals surface area contributed by atoms with E-state index in [9.17, 15) is 9.59 Å². The maximum absolute atomic E-state index is 12.5. The van der Waals surface area contributed by atoms with Crippen molar-refractivity contribution in [2.75, 3.05) is 37.7 Å². The minimum Gasteiger partial charge on any atom is -0.493 e. The van der Waals surface area contributed by atoms with Crippen LogP contribution in [0.25, 0.3) is 6.08 Å². The van der Waals surface area contributed by atoms with E-state index in [2.05, 4.69) is 4.90 Å². The molecule has 0 spiro atoms. The van der Waals surface area contributed by atoms with E-state index in [-0.39, 0.29) is 11.7 Å². The summed E-state index contributed by atoms with van der Waals surface area (Å²) in [5, 5.41) is 1.08. The lowest BCUT2D eigenvalue weighted by Gasteiger charge is -2.36. The summed E-state index contributed by atoms with van der Waals surface area (Å²) in [5.41, 5.74) is 3.02. The Hall–Kier alpha value is -2.50. The van der Waals surface area contributed by atoms with E-state index >= 15 is 0 Å². The van der Waals surface area contributed by atoms with Gasteiger partial charge < -0.3 is 14.5 Å². The van der Waals surface area contributed by atoms with Crippen LogP contribution < -0.4 is 9.64 Å². The zero-order valence-corrected chi connectivity index (χ0v) is 18.0. The molecule has 1 amide bonds. The molecule has 0 aromatic heterocycles. The second-order valence-corrected chi connectivity index (χ2v) is 8.22. The molecule has 156 valence electrons. The van der Waals surface area contributed by atoms with Gasteiger partial charge in [0.1, 0.15) is 5.75 Å². The first-order valence-electron chi connectivity index (χ1n) is 9.94. The quantitative estimate of drug-likeness (QED) is 0.691. The van der Waals surface area contributed by atoms with Gasteiger partial charge >= 0.3 is 0 Å². The minimum atomic E-state index is 0.0900. The Morgan fingerprint density at radius 2 is 1.77 bits per heavy atom. The lowest BCUT2D eigenvalue weighted by molar-refractivity contribution is -0.132. The highest BCUT2D eigenvalue weighted by Gasteiger charge is 2.21. The maximum atomic E-state index is 12.5. The summed E-state index contributed by atoms with van der Waals surface area (Å²) in [6.45, 7) is 3.15. The summed E-state index contributed by atoms with van der Waals surface area (Å²) < 4.78 is 5.77. The number of anilines is 1. The van der Waals surface area contributed by atoms with Gasteiger partial charge in [0.25, 0.3) is 0 Å². The zero-order chi connectivity index (χ0) is 21.1. The number of hydrogen-bond donors (Lipinski definition) is 0. The molecule has 4 rings (SSSR count). The van der Waals surface area contributed by atoms with Crippen molar-refractivity contribution >= 4 is 46.7 Å².